The second-order valence-corrected chi connectivity index (χ2v) is 6.33. The molecule has 0 radical (unpaired) electrons. The molecule has 1 fully saturated rings. The summed E-state index contributed by atoms with van der Waals surface area (Å²) in [5, 5.41) is 11.2. The third-order valence-corrected chi connectivity index (χ3v) is 4.77. The molecular formula is C15H21N5S. The lowest BCUT2D eigenvalue weighted by Crippen LogP contribution is -2.38. The fourth-order valence-corrected chi connectivity index (χ4v) is 3.30. The second kappa shape index (κ2) is 6.95. The van der Waals surface area contributed by atoms with Crippen LogP contribution in [0, 0.1) is 0 Å². The Morgan fingerprint density at radius 1 is 1.29 bits per heavy atom. The van der Waals surface area contributed by atoms with Crippen molar-refractivity contribution in [1.82, 2.24) is 20.1 Å². The van der Waals surface area contributed by atoms with E-state index in [1.165, 1.54) is 44.5 Å². The predicted octanol–water partition coefficient (Wildman–Crippen LogP) is 2.85. The maximum atomic E-state index is 4.12. The largest absolute Gasteiger partial charge is 0.382 e. The summed E-state index contributed by atoms with van der Waals surface area (Å²) in [6, 6.07) is 9.13. The summed E-state index contributed by atoms with van der Waals surface area (Å²) < 4.78 is 0. The van der Waals surface area contributed by atoms with E-state index in [0.29, 0.717) is 6.04 Å². The number of hydrogen-bond donors (Lipinski definition) is 2. The van der Waals surface area contributed by atoms with Crippen LogP contribution in [0.1, 0.15) is 19.8 Å². The third kappa shape index (κ3) is 3.98. The van der Waals surface area contributed by atoms with E-state index in [4.69, 9.17) is 0 Å². The Labute approximate surface area is 129 Å². The van der Waals surface area contributed by atoms with Gasteiger partial charge in [-0.3, -0.25) is 5.10 Å². The molecule has 3 rings (SSSR count). The molecule has 1 aliphatic heterocycles. The molecule has 0 unspecified atom stereocenters. The van der Waals surface area contributed by atoms with E-state index in [2.05, 4.69) is 56.6 Å². The SMILES string of the molecule is CCN1CCC(Nc2ccc(Sc3ncn[nH]3)cc2)CC1. The number of anilines is 1. The van der Waals surface area contributed by atoms with Crippen LogP contribution in [-0.4, -0.2) is 45.8 Å². The number of nitrogens with one attached hydrogen (secondary N) is 2. The van der Waals surface area contributed by atoms with E-state index in [1.807, 2.05) is 0 Å². The zero-order chi connectivity index (χ0) is 14.5. The molecule has 2 aromatic rings. The standard InChI is InChI=1S/C15H21N5S/c1-2-20-9-7-13(8-10-20)18-12-3-5-14(6-4-12)21-15-16-11-17-19-15/h3-6,11,13,18H,2,7-10H2,1H3,(H,16,17,19). The highest BCUT2D eigenvalue weighted by Gasteiger charge is 2.17. The fourth-order valence-electron chi connectivity index (χ4n) is 2.60. The first-order valence-corrected chi connectivity index (χ1v) is 8.27. The molecule has 1 aliphatic rings. The van der Waals surface area contributed by atoms with Gasteiger partial charge in [-0.25, -0.2) is 4.98 Å². The summed E-state index contributed by atoms with van der Waals surface area (Å²) in [4.78, 5) is 7.79. The topological polar surface area (TPSA) is 56.8 Å². The van der Waals surface area contributed by atoms with Gasteiger partial charge in [-0.05, 0) is 43.7 Å². The third-order valence-electron chi connectivity index (χ3n) is 3.87. The number of nitrogens with zero attached hydrogens (tertiary/aromatic N) is 3. The smallest absolute Gasteiger partial charge is 0.188 e. The molecule has 1 aromatic heterocycles. The van der Waals surface area contributed by atoms with Crippen LogP contribution >= 0.6 is 11.8 Å². The summed E-state index contributed by atoms with van der Waals surface area (Å²) in [7, 11) is 0. The molecule has 0 bridgehead atoms. The van der Waals surface area contributed by atoms with Crippen molar-refractivity contribution in [3.05, 3.63) is 30.6 Å². The Bertz CT molecular complexity index is 532. The highest BCUT2D eigenvalue weighted by atomic mass is 32.2. The molecule has 0 spiro atoms. The van der Waals surface area contributed by atoms with E-state index >= 15 is 0 Å². The van der Waals surface area contributed by atoms with Crippen LogP contribution in [0.4, 0.5) is 5.69 Å². The molecule has 1 aromatic carbocycles. The van der Waals surface area contributed by atoms with E-state index < -0.39 is 0 Å². The molecule has 0 atom stereocenters. The average Bonchev–Trinajstić information content (AvgIpc) is 3.03. The van der Waals surface area contributed by atoms with Gasteiger partial charge in [0.2, 0.25) is 0 Å². The maximum absolute atomic E-state index is 4.12. The Balaban J connectivity index is 1.53. The van der Waals surface area contributed by atoms with Gasteiger partial charge in [0, 0.05) is 29.7 Å². The van der Waals surface area contributed by atoms with Crippen molar-refractivity contribution in [1.29, 1.82) is 0 Å². The molecule has 0 amide bonds. The van der Waals surface area contributed by atoms with Crippen LogP contribution in [0.5, 0.6) is 0 Å². The quantitative estimate of drug-likeness (QED) is 0.889. The highest BCUT2D eigenvalue weighted by Crippen LogP contribution is 2.26. The first-order chi connectivity index (χ1) is 10.3. The molecule has 2 N–H and O–H groups in total. The van der Waals surface area contributed by atoms with Crippen molar-refractivity contribution in [2.75, 3.05) is 25.0 Å². The van der Waals surface area contributed by atoms with Crippen LogP contribution in [0.2, 0.25) is 0 Å². The van der Waals surface area contributed by atoms with Crippen molar-refractivity contribution >= 4 is 17.4 Å². The lowest BCUT2D eigenvalue weighted by molar-refractivity contribution is 0.229. The van der Waals surface area contributed by atoms with Gasteiger partial charge >= 0.3 is 0 Å². The average molecular weight is 303 g/mol. The van der Waals surface area contributed by atoms with Crippen LogP contribution in [0.3, 0.4) is 0 Å². The van der Waals surface area contributed by atoms with Gasteiger partial charge in [-0.15, -0.1) is 0 Å². The van der Waals surface area contributed by atoms with Gasteiger partial charge in [-0.2, -0.15) is 5.10 Å². The number of aromatic amines is 1. The van der Waals surface area contributed by atoms with Gasteiger partial charge in [0.1, 0.15) is 6.33 Å². The lowest BCUT2D eigenvalue weighted by atomic mass is 10.0. The predicted molar refractivity (Wildman–Crippen MR) is 85.7 cm³/mol. The second-order valence-electron chi connectivity index (χ2n) is 5.27. The molecule has 0 aliphatic carbocycles. The van der Waals surface area contributed by atoms with E-state index in [0.717, 1.165) is 10.1 Å². The summed E-state index contributed by atoms with van der Waals surface area (Å²) in [5.74, 6) is 0. The number of benzene rings is 1. The number of aromatic nitrogens is 3. The minimum atomic E-state index is 0.598. The number of likely N-dealkylation sites (tertiary alicyclic amines) is 1. The number of rotatable bonds is 5. The van der Waals surface area contributed by atoms with Crippen LogP contribution in [-0.2, 0) is 0 Å². The van der Waals surface area contributed by atoms with Crippen molar-refractivity contribution in [3.8, 4) is 0 Å². The molecule has 0 saturated carbocycles. The monoisotopic (exact) mass is 303 g/mol. The first-order valence-electron chi connectivity index (χ1n) is 7.45. The Hall–Kier alpha value is -1.53. The van der Waals surface area contributed by atoms with Crippen LogP contribution in [0.25, 0.3) is 0 Å². The van der Waals surface area contributed by atoms with Crippen molar-refractivity contribution in [3.63, 3.8) is 0 Å². The Morgan fingerprint density at radius 3 is 2.67 bits per heavy atom. The van der Waals surface area contributed by atoms with Gasteiger partial charge in [-0.1, -0.05) is 18.7 Å². The van der Waals surface area contributed by atoms with Crippen LogP contribution in [0.15, 0.2) is 40.6 Å². The summed E-state index contributed by atoms with van der Waals surface area (Å²) in [5.41, 5.74) is 1.20. The number of piperidine rings is 1. The van der Waals surface area contributed by atoms with Gasteiger partial charge < -0.3 is 10.2 Å². The molecule has 112 valence electrons. The zero-order valence-corrected chi connectivity index (χ0v) is 13.1. The molecule has 5 nitrogen and oxygen atoms in total. The molecule has 1 saturated heterocycles. The Kier molecular flexibility index (Phi) is 4.77. The Morgan fingerprint density at radius 2 is 2.05 bits per heavy atom. The highest BCUT2D eigenvalue weighted by molar-refractivity contribution is 7.99. The first kappa shape index (κ1) is 14.4. The van der Waals surface area contributed by atoms with Crippen molar-refractivity contribution in [2.45, 2.75) is 35.9 Å². The maximum Gasteiger partial charge on any atom is 0.188 e. The lowest BCUT2D eigenvalue weighted by Gasteiger charge is -2.32. The summed E-state index contributed by atoms with van der Waals surface area (Å²) in [6.07, 6.45) is 3.98. The van der Waals surface area contributed by atoms with Gasteiger partial charge in [0.05, 0.1) is 0 Å². The minimum Gasteiger partial charge on any atom is -0.382 e. The van der Waals surface area contributed by atoms with Crippen molar-refractivity contribution in [2.24, 2.45) is 0 Å². The molecule has 21 heavy (non-hydrogen) atoms. The normalized spacial score (nSPS) is 17.0. The minimum absolute atomic E-state index is 0.598. The summed E-state index contributed by atoms with van der Waals surface area (Å²) >= 11 is 1.59. The van der Waals surface area contributed by atoms with Crippen molar-refractivity contribution < 1.29 is 0 Å². The van der Waals surface area contributed by atoms with E-state index in [9.17, 15) is 0 Å². The van der Waals surface area contributed by atoms with Gasteiger partial charge in [0.15, 0.2) is 5.16 Å². The summed E-state index contributed by atoms with van der Waals surface area (Å²) in [6.45, 7) is 5.81. The van der Waals surface area contributed by atoms with E-state index in [-0.39, 0.29) is 0 Å². The zero-order valence-electron chi connectivity index (χ0n) is 12.2. The van der Waals surface area contributed by atoms with E-state index in [1.54, 1.807) is 11.8 Å². The molecule has 6 heteroatoms. The number of H-pyrrole nitrogens is 1. The van der Waals surface area contributed by atoms with Crippen LogP contribution < -0.4 is 5.32 Å². The fraction of sp³-hybridized carbons (Fsp3) is 0.467. The molecular weight excluding hydrogens is 282 g/mol. The molecule has 2 heterocycles. The van der Waals surface area contributed by atoms with Gasteiger partial charge in [0.25, 0.3) is 0 Å². The number of hydrogen-bond acceptors (Lipinski definition) is 5.